The van der Waals surface area contributed by atoms with Crippen LogP contribution in [0.5, 0.6) is 5.75 Å². The second-order valence-corrected chi connectivity index (χ2v) is 7.47. The van der Waals surface area contributed by atoms with Gasteiger partial charge in [-0.25, -0.2) is 0 Å². The molecule has 0 unspecified atom stereocenters. The molecular formula is C29H29BNO2. The number of anilines is 1. The predicted octanol–water partition coefficient (Wildman–Crippen LogP) is 7.04. The molecule has 0 saturated carbocycles. The van der Waals surface area contributed by atoms with Crippen molar-refractivity contribution in [1.29, 1.82) is 0 Å². The molecular weight excluding hydrogens is 405 g/mol. The van der Waals surface area contributed by atoms with E-state index in [-0.39, 0.29) is 0 Å². The van der Waals surface area contributed by atoms with Crippen LogP contribution in [0.15, 0.2) is 121 Å². The summed E-state index contributed by atoms with van der Waals surface area (Å²) in [6.45, 7) is 4.11. The molecule has 2 N–H and O–H groups in total. The zero-order valence-electron chi connectivity index (χ0n) is 19.1. The topological polar surface area (TPSA) is 41.5 Å². The van der Waals surface area contributed by atoms with Crippen molar-refractivity contribution in [2.75, 3.05) is 5.32 Å². The summed E-state index contributed by atoms with van der Waals surface area (Å²) < 4.78 is 4.96. The van der Waals surface area contributed by atoms with Gasteiger partial charge in [0.1, 0.15) is 5.75 Å². The number of benzene rings is 3. The molecule has 0 fully saturated rings. The molecule has 0 aliphatic carbocycles. The van der Waals surface area contributed by atoms with Crippen LogP contribution in [-0.4, -0.2) is 12.7 Å². The highest BCUT2D eigenvalue weighted by atomic mass is 16.5. The number of hydrogen-bond acceptors (Lipinski definition) is 3. The largest absolute Gasteiger partial charge is 0.569 e. The Labute approximate surface area is 197 Å². The third kappa shape index (κ3) is 7.71. The van der Waals surface area contributed by atoms with Crippen molar-refractivity contribution in [3.63, 3.8) is 0 Å². The van der Waals surface area contributed by atoms with Crippen molar-refractivity contribution < 1.29 is 9.68 Å². The third-order valence-corrected chi connectivity index (χ3v) is 5.05. The van der Waals surface area contributed by atoms with E-state index in [1.165, 1.54) is 16.7 Å². The second kappa shape index (κ2) is 12.9. The van der Waals surface area contributed by atoms with Crippen LogP contribution in [0.4, 0.5) is 5.69 Å². The van der Waals surface area contributed by atoms with Crippen LogP contribution in [0.1, 0.15) is 31.4 Å². The van der Waals surface area contributed by atoms with Crippen LogP contribution in [0.2, 0.25) is 0 Å². The fraction of sp³-hybridized carbons (Fsp3) is 0.103. The van der Waals surface area contributed by atoms with Gasteiger partial charge in [0.2, 0.25) is 0 Å². The number of rotatable bonds is 10. The van der Waals surface area contributed by atoms with E-state index in [9.17, 15) is 0 Å². The Hall–Kier alpha value is -3.76. The Bertz CT molecular complexity index is 1120. The Morgan fingerprint density at radius 3 is 2.06 bits per heavy atom. The summed E-state index contributed by atoms with van der Waals surface area (Å²) in [4.78, 5) is 0. The number of nitrogens with one attached hydrogen (secondary N) is 1. The molecule has 0 atom stereocenters. The minimum Gasteiger partial charge on any atom is -0.537 e. The van der Waals surface area contributed by atoms with Crippen LogP contribution >= 0.6 is 0 Å². The van der Waals surface area contributed by atoms with Crippen molar-refractivity contribution in [1.82, 2.24) is 0 Å². The van der Waals surface area contributed by atoms with E-state index in [1.54, 1.807) is 12.1 Å². The van der Waals surface area contributed by atoms with E-state index in [1.807, 2.05) is 31.2 Å². The molecule has 0 heterocycles. The molecule has 0 amide bonds. The lowest BCUT2D eigenvalue weighted by Gasteiger charge is -2.10. The zero-order valence-corrected chi connectivity index (χ0v) is 19.1. The molecule has 3 aromatic carbocycles. The molecule has 0 bridgehead atoms. The maximum Gasteiger partial charge on any atom is 0.569 e. The lowest BCUT2D eigenvalue weighted by atomic mass is 10.0. The van der Waals surface area contributed by atoms with Crippen LogP contribution in [-0.2, 0) is 0 Å². The SMILES string of the molecule is C/C=C(\C=C/C/C=C(\C=C(\C)Nc1ccc(O[B]O)cc1)c1ccccc1)c1ccccc1. The Balaban J connectivity index is 1.75. The van der Waals surface area contributed by atoms with E-state index in [2.05, 4.69) is 91.2 Å². The summed E-state index contributed by atoms with van der Waals surface area (Å²) in [5, 5.41) is 12.2. The van der Waals surface area contributed by atoms with Gasteiger partial charge in [0, 0.05) is 11.4 Å². The highest BCUT2D eigenvalue weighted by Gasteiger charge is 2.01. The standard InChI is InChI=1S/C29H29BNO2/c1-3-24(25-13-6-4-7-14-25)12-10-11-17-27(26-15-8-5-9-16-26)22-23(2)31-28-18-20-29(21-19-28)33-30-32/h3-10,12-22,31-32H,11H2,1-2H3/b12-10-,23-22-,24-3+,27-17+. The summed E-state index contributed by atoms with van der Waals surface area (Å²) in [6, 6.07) is 28.2. The predicted molar refractivity (Wildman–Crippen MR) is 141 cm³/mol. The van der Waals surface area contributed by atoms with E-state index in [0.29, 0.717) is 13.4 Å². The normalized spacial score (nSPS) is 12.6. The lowest BCUT2D eigenvalue weighted by Crippen LogP contribution is -2.00. The molecule has 3 aromatic rings. The summed E-state index contributed by atoms with van der Waals surface area (Å²) in [5.41, 5.74) is 6.73. The molecule has 0 aliphatic heterocycles. The molecule has 3 nitrogen and oxygen atoms in total. The molecule has 165 valence electrons. The van der Waals surface area contributed by atoms with Gasteiger partial charge in [0.25, 0.3) is 0 Å². The van der Waals surface area contributed by atoms with Gasteiger partial charge in [0.05, 0.1) is 0 Å². The van der Waals surface area contributed by atoms with Crippen LogP contribution in [0.25, 0.3) is 11.1 Å². The van der Waals surface area contributed by atoms with E-state index in [0.717, 1.165) is 23.4 Å². The summed E-state index contributed by atoms with van der Waals surface area (Å²) in [6.07, 6.45) is 11.7. The molecule has 0 aliphatic rings. The molecule has 3 rings (SSSR count). The maximum atomic E-state index is 8.75. The van der Waals surface area contributed by atoms with E-state index >= 15 is 0 Å². The third-order valence-electron chi connectivity index (χ3n) is 5.05. The van der Waals surface area contributed by atoms with Crippen molar-refractivity contribution in [3.8, 4) is 5.75 Å². The van der Waals surface area contributed by atoms with Gasteiger partial charge in [-0.3, -0.25) is 0 Å². The average Bonchev–Trinajstić information content (AvgIpc) is 2.86. The highest BCUT2D eigenvalue weighted by Crippen LogP contribution is 2.22. The molecule has 1 radical (unpaired) electrons. The monoisotopic (exact) mass is 434 g/mol. The lowest BCUT2D eigenvalue weighted by molar-refractivity contribution is 0.454. The Morgan fingerprint density at radius 1 is 0.879 bits per heavy atom. The van der Waals surface area contributed by atoms with Gasteiger partial charge in [-0.2, -0.15) is 0 Å². The van der Waals surface area contributed by atoms with Crippen molar-refractivity contribution >= 4 is 24.5 Å². The van der Waals surface area contributed by atoms with Gasteiger partial charge in [-0.05, 0) is 72.9 Å². The van der Waals surface area contributed by atoms with Crippen molar-refractivity contribution in [2.45, 2.75) is 20.3 Å². The summed E-state index contributed by atoms with van der Waals surface area (Å²) in [7, 11) is 0.679. The first-order chi connectivity index (χ1) is 16.2. The van der Waals surface area contributed by atoms with Gasteiger partial charge >= 0.3 is 7.69 Å². The molecule has 0 aromatic heterocycles. The zero-order chi connectivity index (χ0) is 23.3. The minimum absolute atomic E-state index is 0.581. The van der Waals surface area contributed by atoms with E-state index < -0.39 is 0 Å². The van der Waals surface area contributed by atoms with Crippen LogP contribution < -0.4 is 9.97 Å². The molecule has 0 spiro atoms. The smallest absolute Gasteiger partial charge is 0.537 e. The first kappa shape index (κ1) is 23.9. The summed E-state index contributed by atoms with van der Waals surface area (Å²) >= 11 is 0. The molecule has 33 heavy (non-hydrogen) atoms. The number of hydrogen-bond donors (Lipinski definition) is 2. The van der Waals surface area contributed by atoms with Gasteiger partial charge < -0.3 is 15.0 Å². The fourth-order valence-corrected chi connectivity index (χ4v) is 3.45. The highest BCUT2D eigenvalue weighted by molar-refractivity contribution is 6.17. The van der Waals surface area contributed by atoms with Gasteiger partial charge in [-0.1, -0.05) is 85.0 Å². The van der Waals surface area contributed by atoms with Gasteiger partial charge in [-0.15, -0.1) is 0 Å². The van der Waals surface area contributed by atoms with Crippen LogP contribution in [0.3, 0.4) is 0 Å². The number of allylic oxidation sites excluding steroid dienone is 8. The van der Waals surface area contributed by atoms with E-state index in [4.69, 9.17) is 9.68 Å². The Morgan fingerprint density at radius 2 is 1.48 bits per heavy atom. The summed E-state index contributed by atoms with van der Waals surface area (Å²) in [5.74, 6) is 0.581. The van der Waals surface area contributed by atoms with Crippen molar-refractivity contribution in [2.24, 2.45) is 0 Å². The first-order valence-corrected chi connectivity index (χ1v) is 11.0. The van der Waals surface area contributed by atoms with Crippen molar-refractivity contribution in [3.05, 3.63) is 132 Å². The van der Waals surface area contributed by atoms with Crippen LogP contribution in [0, 0.1) is 0 Å². The van der Waals surface area contributed by atoms with Gasteiger partial charge in [0.15, 0.2) is 0 Å². The first-order valence-electron chi connectivity index (χ1n) is 11.0. The fourth-order valence-electron chi connectivity index (χ4n) is 3.45. The average molecular weight is 434 g/mol. The second-order valence-electron chi connectivity index (χ2n) is 7.47. The minimum atomic E-state index is 0.581. The molecule has 0 saturated heterocycles. The molecule has 4 heteroatoms. The Kier molecular flexibility index (Phi) is 9.37. The quantitative estimate of drug-likeness (QED) is 0.266. The maximum absolute atomic E-state index is 8.75.